The summed E-state index contributed by atoms with van der Waals surface area (Å²) in [5.41, 5.74) is 1.97. The Morgan fingerprint density at radius 3 is 2.83 bits per heavy atom. The maximum Gasteiger partial charge on any atom is 0.225 e. The van der Waals surface area contributed by atoms with Gasteiger partial charge in [-0.05, 0) is 31.2 Å². The van der Waals surface area contributed by atoms with Crippen molar-refractivity contribution < 1.29 is 4.79 Å². The molecule has 1 N–H and O–H groups in total. The zero-order valence-corrected chi connectivity index (χ0v) is 13.9. The number of hydrogen-bond donors (Lipinski definition) is 1. The van der Waals surface area contributed by atoms with Gasteiger partial charge < -0.3 is 14.8 Å². The standard InChI is InChI=1S/C17H22N6O/c1-12-7-19-17(20-8-12)23-5-4-22-10-14(21-15(22)11-23)9-18-16(24)6-13-2-3-13/h7-8,10,13H,2-6,9,11H2,1H3,(H,18,24). The second-order valence-electron chi connectivity index (χ2n) is 6.75. The van der Waals surface area contributed by atoms with E-state index in [1.54, 1.807) is 0 Å². The minimum Gasteiger partial charge on any atom is -0.350 e. The number of rotatable bonds is 5. The van der Waals surface area contributed by atoms with E-state index < -0.39 is 0 Å². The molecule has 0 unspecified atom stereocenters. The van der Waals surface area contributed by atoms with Gasteiger partial charge in [0, 0.05) is 38.1 Å². The number of anilines is 1. The molecule has 4 rings (SSSR count). The first-order valence-corrected chi connectivity index (χ1v) is 8.52. The first-order chi connectivity index (χ1) is 11.7. The highest BCUT2D eigenvalue weighted by molar-refractivity contribution is 5.76. The Bertz CT molecular complexity index is 734. The van der Waals surface area contributed by atoms with Crippen molar-refractivity contribution in [3.8, 4) is 0 Å². The lowest BCUT2D eigenvalue weighted by molar-refractivity contribution is -0.121. The summed E-state index contributed by atoms with van der Waals surface area (Å²) in [6, 6.07) is 0. The minimum atomic E-state index is 0.137. The molecule has 3 heterocycles. The van der Waals surface area contributed by atoms with Gasteiger partial charge in [-0.2, -0.15) is 0 Å². The number of amides is 1. The fourth-order valence-electron chi connectivity index (χ4n) is 2.96. The topological polar surface area (TPSA) is 75.9 Å². The van der Waals surface area contributed by atoms with Crippen LogP contribution in [-0.4, -0.2) is 32.0 Å². The molecule has 2 aliphatic rings. The van der Waals surface area contributed by atoms with E-state index in [9.17, 15) is 4.79 Å². The zero-order valence-electron chi connectivity index (χ0n) is 13.9. The summed E-state index contributed by atoms with van der Waals surface area (Å²) in [4.78, 5) is 27.4. The quantitative estimate of drug-likeness (QED) is 0.899. The van der Waals surface area contributed by atoms with Crippen molar-refractivity contribution in [1.82, 2.24) is 24.8 Å². The fraction of sp³-hybridized carbons (Fsp3) is 0.529. The Balaban J connectivity index is 1.38. The number of aromatic nitrogens is 4. The largest absolute Gasteiger partial charge is 0.350 e. The third kappa shape index (κ3) is 3.39. The van der Waals surface area contributed by atoms with Crippen LogP contribution in [0.2, 0.25) is 0 Å². The van der Waals surface area contributed by atoms with Crippen LogP contribution in [0, 0.1) is 12.8 Å². The summed E-state index contributed by atoms with van der Waals surface area (Å²) in [5.74, 6) is 2.49. The molecule has 7 heteroatoms. The van der Waals surface area contributed by atoms with Crippen LogP contribution in [0.15, 0.2) is 18.6 Å². The predicted octanol–water partition coefficient (Wildman–Crippen LogP) is 1.42. The Hall–Kier alpha value is -2.44. The summed E-state index contributed by atoms with van der Waals surface area (Å²) < 4.78 is 2.16. The molecule has 0 radical (unpaired) electrons. The normalized spacial score (nSPS) is 16.8. The molecule has 0 spiro atoms. The van der Waals surface area contributed by atoms with Crippen LogP contribution in [0.5, 0.6) is 0 Å². The predicted molar refractivity (Wildman–Crippen MR) is 89.2 cm³/mol. The Morgan fingerprint density at radius 1 is 1.29 bits per heavy atom. The van der Waals surface area contributed by atoms with Crippen molar-refractivity contribution in [3.05, 3.63) is 35.7 Å². The second-order valence-corrected chi connectivity index (χ2v) is 6.75. The minimum absolute atomic E-state index is 0.137. The molecule has 1 aliphatic carbocycles. The number of carbonyl (C=O) groups is 1. The van der Waals surface area contributed by atoms with Crippen LogP contribution in [0.4, 0.5) is 5.95 Å². The molecule has 0 bridgehead atoms. The van der Waals surface area contributed by atoms with E-state index in [4.69, 9.17) is 0 Å². The van der Waals surface area contributed by atoms with Crippen molar-refractivity contribution >= 4 is 11.9 Å². The highest BCUT2D eigenvalue weighted by atomic mass is 16.1. The molecule has 1 fully saturated rings. The number of fused-ring (bicyclic) bond motifs is 1. The maximum absolute atomic E-state index is 11.8. The van der Waals surface area contributed by atoms with Crippen LogP contribution in [0.3, 0.4) is 0 Å². The van der Waals surface area contributed by atoms with Crippen molar-refractivity contribution in [2.75, 3.05) is 11.4 Å². The van der Waals surface area contributed by atoms with Gasteiger partial charge in [0.1, 0.15) is 5.82 Å². The molecule has 0 aromatic carbocycles. The lowest BCUT2D eigenvalue weighted by Gasteiger charge is -2.27. The Morgan fingerprint density at radius 2 is 2.08 bits per heavy atom. The van der Waals surface area contributed by atoms with Crippen LogP contribution in [0.25, 0.3) is 0 Å². The van der Waals surface area contributed by atoms with Crippen LogP contribution < -0.4 is 10.2 Å². The maximum atomic E-state index is 11.8. The molecule has 1 amide bonds. The third-order valence-electron chi connectivity index (χ3n) is 4.54. The second kappa shape index (κ2) is 6.22. The number of aryl methyl sites for hydroxylation is 1. The average molecular weight is 326 g/mol. The van der Waals surface area contributed by atoms with Crippen molar-refractivity contribution in [3.63, 3.8) is 0 Å². The summed E-state index contributed by atoms with van der Waals surface area (Å²) in [6.07, 6.45) is 8.77. The van der Waals surface area contributed by atoms with Crippen molar-refractivity contribution in [2.45, 2.75) is 45.8 Å². The Kier molecular flexibility index (Phi) is 3.92. The third-order valence-corrected chi connectivity index (χ3v) is 4.54. The van der Waals surface area contributed by atoms with Gasteiger partial charge in [0.05, 0.1) is 18.8 Å². The van der Waals surface area contributed by atoms with E-state index >= 15 is 0 Å². The SMILES string of the molecule is Cc1cnc(N2CCn3cc(CNC(=O)CC4CC4)nc3C2)nc1. The van der Waals surface area contributed by atoms with Gasteiger partial charge in [-0.15, -0.1) is 0 Å². The molecule has 0 saturated heterocycles. The van der Waals surface area contributed by atoms with Crippen LogP contribution in [-0.2, 0) is 24.4 Å². The molecule has 2 aromatic heterocycles. The molecule has 7 nitrogen and oxygen atoms in total. The van der Waals surface area contributed by atoms with Crippen molar-refractivity contribution in [2.24, 2.45) is 5.92 Å². The van der Waals surface area contributed by atoms with Gasteiger partial charge >= 0.3 is 0 Å². The number of imidazole rings is 1. The lowest BCUT2D eigenvalue weighted by Crippen LogP contribution is -2.34. The van der Waals surface area contributed by atoms with Crippen LogP contribution in [0.1, 0.15) is 36.3 Å². The molecule has 2 aromatic rings. The van der Waals surface area contributed by atoms with Gasteiger partial charge in [0.25, 0.3) is 0 Å². The number of hydrogen-bond acceptors (Lipinski definition) is 5. The fourth-order valence-corrected chi connectivity index (χ4v) is 2.96. The smallest absolute Gasteiger partial charge is 0.225 e. The molecular formula is C17H22N6O. The lowest BCUT2D eigenvalue weighted by atomic mass is 10.3. The van der Waals surface area contributed by atoms with Gasteiger partial charge in [-0.1, -0.05) is 0 Å². The number of nitrogens with one attached hydrogen (secondary N) is 1. The van der Waals surface area contributed by atoms with Gasteiger partial charge in [-0.25, -0.2) is 15.0 Å². The summed E-state index contributed by atoms with van der Waals surface area (Å²) in [6.45, 7) is 4.90. The van der Waals surface area contributed by atoms with E-state index in [1.807, 2.05) is 25.5 Å². The van der Waals surface area contributed by atoms with E-state index in [0.29, 0.717) is 25.4 Å². The molecule has 1 saturated carbocycles. The highest BCUT2D eigenvalue weighted by Crippen LogP contribution is 2.32. The van der Waals surface area contributed by atoms with Gasteiger partial charge in [0.15, 0.2) is 0 Å². The molecular weight excluding hydrogens is 304 g/mol. The number of nitrogens with zero attached hydrogens (tertiary/aromatic N) is 5. The first kappa shape index (κ1) is 15.1. The van der Waals surface area contributed by atoms with E-state index in [0.717, 1.165) is 36.1 Å². The molecule has 0 atom stereocenters. The molecule has 1 aliphatic heterocycles. The van der Waals surface area contributed by atoms with Gasteiger partial charge in [-0.3, -0.25) is 4.79 Å². The monoisotopic (exact) mass is 326 g/mol. The summed E-state index contributed by atoms with van der Waals surface area (Å²) in [5, 5.41) is 2.98. The summed E-state index contributed by atoms with van der Waals surface area (Å²) in [7, 11) is 0. The number of carbonyl (C=O) groups excluding carboxylic acids is 1. The van der Waals surface area contributed by atoms with Crippen molar-refractivity contribution in [1.29, 1.82) is 0 Å². The van der Waals surface area contributed by atoms with E-state index in [2.05, 4.69) is 29.7 Å². The van der Waals surface area contributed by atoms with Crippen LogP contribution >= 0.6 is 0 Å². The zero-order chi connectivity index (χ0) is 16.5. The molecule has 24 heavy (non-hydrogen) atoms. The summed E-state index contributed by atoms with van der Waals surface area (Å²) >= 11 is 0. The highest BCUT2D eigenvalue weighted by Gasteiger charge is 2.24. The van der Waals surface area contributed by atoms with Gasteiger partial charge in [0.2, 0.25) is 11.9 Å². The molecule has 126 valence electrons. The Labute approximate surface area is 141 Å². The van der Waals surface area contributed by atoms with E-state index in [-0.39, 0.29) is 5.91 Å². The first-order valence-electron chi connectivity index (χ1n) is 8.52. The van der Waals surface area contributed by atoms with E-state index in [1.165, 1.54) is 12.8 Å². The average Bonchev–Trinajstić information content (AvgIpc) is 3.29.